The van der Waals surface area contributed by atoms with E-state index in [1.807, 2.05) is 30.3 Å². The predicted molar refractivity (Wildman–Crippen MR) is 223 cm³/mol. The summed E-state index contributed by atoms with van der Waals surface area (Å²) in [6.45, 7) is 0.485. The minimum atomic E-state index is -1.29. The molecule has 1 saturated carbocycles. The lowest BCUT2D eigenvalue weighted by Crippen LogP contribution is -2.56. The Morgan fingerprint density at radius 1 is 0.900 bits per heavy atom. The number of benzene rings is 5. The zero-order valence-electron chi connectivity index (χ0n) is 32.0. The van der Waals surface area contributed by atoms with Crippen LogP contribution < -0.4 is 20.1 Å². The lowest BCUT2D eigenvalue weighted by Gasteiger charge is -2.37. The third-order valence-electron chi connectivity index (χ3n) is 10.8. The highest BCUT2D eigenvalue weighted by atomic mass is 35.5. The van der Waals surface area contributed by atoms with Crippen LogP contribution in [0.2, 0.25) is 10.0 Å². The van der Waals surface area contributed by atoms with Gasteiger partial charge in [-0.1, -0.05) is 77.8 Å². The number of carboxylic acids is 1. The molecule has 2 aliphatic heterocycles. The molecule has 0 aromatic heterocycles. The van der Waals surface area contributed by atoms with Crippen LogP contribution in [0.5, 0.6) is 11.5 Å². The van der Waals surface area contributed by atoms with Gasteiger partial charge in [0, 0.05) is 18.4 Å². The smallest absolute Gasteiger partial charge is 0.410 e. The van der Waals surface area contributed by atoms with E-state index in [0.717, 1.165) is 29.5 Å². The number of ether oxygens (including phenoxy) is 3. The van der Waals surface area contributed by atoms with E-state index in [-0.39, 0.29) is 38.5 Å². The van der Waals surface area contributed by atoms with Crippen LogP contribution in [0.25, 0.3) is 11.1 Å². The highest BCUT2D eigenvalue weighted by Gasteiger charge is 2.40. The fourth-order valence-electron chi connectivity index (χ4n) is 7.20. The number of halogens is 2. The molecule has 1 aliphatic carbocycles. The number of carbonyl (C=O) groups is 4. The van der Waals surface area contributed by atoms with Crippen molar-refractivity contribution in [3.8, 4) is 28.7 Å². The number of nitrogens with zero attached hydrogens (tertiary/aromatic N) is 2. The monoisotopic (exact) mass is 844 g/mol. The average molecular weight is 846 g/mol. The summed E-state index contributed by atoms with van der Waals surface area (Å²) in [6, 6.07) is 29.9. The number of amides is 3. The Morgan fingerprint density at radius 2 is 1.60 bits per heavy atom. The van der Waals surface area contributed by atoms with Crippen LogP contribution in [0.4, 0.5) is 10.5 Å². The van der Waals surface area contributed by atoms with Crippen molar-refractivity contribution in [2.75, 3.05) is 11.9 Å². The summed E-state index contributed by atoms with van der Waals surface area (Å²) in [7, 11) is 0. The molecular formula is C46H38Cl2N4O8. The van der Waals surface area contributed by atoms with Crippen LogP contribution in [-0.2, 0) is 45.1 Å². The highest BCUT2D eigenvalue weighted by Crippen LogP contribution is 2.40. The second kappa shape index (κ2) is 17.4. The summed E-state index contributed by atoms with van der Waals surface area (Å²) in [5, 5.41) is 25.8. The Bertz CT molecular complexity index is 2500. The van der Waals surface area contributed by atoms with Crippen LogP contribution in [-0.4, -0.2) is 52.6 Å². The highest BCUT2D eigenvalue weighted by molar-refractivity contribution is 6.42. The van der Waals surface area contributed by atoms with Crippen molar-refractivity contribution in [2.24, 2.45) is 5.92 Å². The van der Waals surface area contributed by atoms with Gasteiger partial charge in [-0.05, 0) is 101 Å². The molecule has 0 radical (unpaired) electrons. The van der Waals surface area contributed by atoms with Gasteiger partial charge in [-0.2, -0.15) is 5.26 Å². The van der Waals surface area contributed by atoms with Gasteiger partial charge < -0.3 is 30.0 Å². The summed E-state index contributed by atoms with van der Waals surface area (Å²) in [6.07, 6.45) is 0.308. The van der Waals surface area contributed by atoms with E-state index in [9.17, 15) is 24.3 Å². The van der Waals surface area contributed by atoms with Crippen molar-refractivity contribution in [3.63, 3.8) is 0 Å². The SMILES string of the molecule is N#Cc1ccc(-c2ccc(C[C@H](NC(=O)C3Cc4cc5c(cc4CN3C(=O)OCC3CC3)OC(c3ccc(OCc4ccc(Cl)c(Cl)c4)cc3)C(=O)N5)C(=O)O)cc2)cc1. The number of carbonyl (C=O) groups excluding carboxylic acids is 3. The Balaban J connectivity index is 0.964. The Morgan fingerprint density at radius 3 is 2.27 bits per heavy atom. The van der Waals surface area contributed by atoms with E-state index in [1.165, 1.54) is 4.90 Å². The quantitative estimate of drug-likeness (QED) is 0.112. The number of rotatable bonds is 12. The van der Waals surface area contributed by atoms with Gasteiger partial charge in [0.05, 0.1) is 40.5 Å². The minimum Gasteiger partial charge on any atom is -0.489 e. The Kier molecular flexibility index (Phi) is 11.6. The summed E-state index contributed by atoms with van der Waals surface area (Å²) in [5.41, 5.74) is 6.24. The van der Waals surface area contributed by atoms with E-state index in [0.29, 0.717) is 55.0 Å². The minimum absolute atomic E-state index is 0.00329. The number of hydrogen-bond acceptors (Lipinski definition) is 8. The summed E-state index contributed by atoms with van der Waals surface area (Å²) in [5.74, 6) is -1.02. The second-order valence-corrected chi connectivity index (χ2v) is 15.9. The van der Waals surface area contributed by atoms with Crippen molar-refractivity contribution in [1.29, 1.82) is 5.26 Å². The maximum atomic E-state index is 14.0. The lowest BCUT2D eigenvalue weighted by molar-refractivity contribution is -0.142. The molecule has 3 atom stereocenters. The number of anilines is 1. The first-order chi connectivity index (χ1) is 29.0. The first-order valence-corrected chi connectivity index (χ1v) is 20.1. The molecule has 60 heavy (non-hydrogen) atoms. The number of fused-ring (bicyclic) bond motifs is 2. The standard InChI is InChI=1S/C46H38Cl2N4O8/c47-36-16-7-29(17-37(36)48)25-58-35-14-12-32(13-15-35)42-44(54)50-38-19-33-20-40(52(23-34(33)21-41(38)60-42)46(57)59-24-28-1-2-28)43(53)51-39(45(55)56)18-26-3-8-30(9-4-26)31-10-5-27(22-49)6-11-31/h3-17,19,21,28,39-40,42H,1-2,18,20,23-25H2,(H,50,54)(H,51,53)(H,55,56)/t39-,40?,42?/m0/s1. The summed E-state index contributed by atoms with van der Waals surface area (Å²) < 4.78 is 17.8. The molecule has 3 aliphatic rings. The van der Waals surface area contributed by atoms with E-state index in [4.69, 9.17) is 42.7 Å². The van der Waals surface area contributed by atoms with Gasteiger partial charge in [-0.3, -0.25) is 14.5 Å². The largest absolute Gasteiger partial charge is 0.489 e. The van der Waals surface area contributed by atoms with E-state index >= 15 is 0 Å². The summed E-state index contributed by atoms with van der Waals surface area (Å²) in [4.78, 5) is 54.8. The Hall–Kier alpha value is -6.55. The molecule has 8 rings (SSSR count). The first kappa shape index (κ1) is 40.2. The predicted octanol–water partition coefficient (Wildman–Crippen LogP) is 8.27. The van der Waals surface area contributed by atoms with Crippen LogP contribution in [0.15, 0.2) is 103 Å². The van der Waals surface area contributed by atoms with Crippen molar-refractivity contribution in [2.45, 2.75) is 57.0 Å². The molecule has 5 aromatic rings. The molecule has 1 fully saturated rings. The van der Waals surface area contributed by atoms with Gasteiger partial charge in [-0.15, -0.1) is 0 Å². The van der Waals surface area contributed by atoms with Crippen molar-refractivity contribution >= 4 is 52.8 Å². The molecule has 0 saturated heterocycles. The molecule has 12 nitrogen and oxygen atoms in total. The fourth-order valence-corrected chi connectivity index (χ4v) is 7.52. The van der Waals surface area contributed by atoms with Gasteiger partial charge in [0.25, 0.3) is 5.91 Å². The topological polar surface area (TPSA) is 167 Å². The summed E-state index contributed by atoms with van der Waals surface area (Å²) >= 11 is 12.1. The Labute approximate surface area is 355 Å². The van der Waals surface area contributed by atoms with Gasteiger partial charge in [-0.25, -0.2) is 9.59 Å². The fraction of sp³-hybridized carbons (Fsp3) is 0.239. The van der Waals surface area contributed by atoms with Crippen LogP contribution >= 0.6 is 23.2 Å². The molecule has 2 unspecified atom stereocenters. The first-order valence-electron chi connectivity index (χ1n) is 19.4. The van der Waals surface area contributed by atoms with Gasteiger partial charge in [0.15, 0.2) is 0 Å². The molecule has 0 spiro atoms. The van der Waals surface area contributed by atoms with Crippen molar-refractivity contribution in [1.82, 2.24) is 10.2 Å². The zero-order valence-corrected chi connectivity index (χ0v) is 33.5. The van der Waals surface area contributed by atoms with Crippen LogP contribution in [0, 0.1) is 17.2 Å². The van der Waals surface area contributed by atoms with Gasteiger partial charge >= 0.3 is 12.1 Å². The number of nitrogens with one attached hydrogen (secondary N) is 2. The normalized spacial score (nSPS) is 17.1. The lowest BCUT2D eigenvalue weighted by atomic mass is 9.92. The number of nitriles is 1. The van der Waals surface area contributed by atoms with Crippen molar-refractivity contribution in [3.05, 3.63) is 147 Å². The van der Waals surface area contributed by atoms with Crippen molar-refractivity contribution < 1.29 is 38.5 Å². The van der Waals surface area contributed by atoms with Gasteiger partial charge in [0.1, 0.15) is 30.2 Å². The molecule has 0 bridgehead atoms. The van der Waals surface area contributed by atoms with Crippen LogP contribution in [0.3, 0.4) is 0 Å². The molecule has 304 valence electrons. The molecular weight excluding hydrogens is 807 g/mol. The molecule has 2 heterocycles. The number of carboxylic acid groups (broad SMARTS) is 1. The van der Waals surface area contributed by atoms with Gasteiger partial charge in [0.2, 0.25) is 12.0 Å². The third-order valence-corrected chi connectivity index (χ3v) is 11.5. The van der Waals surface area contributed by atoms with Crippen LogP contribution in [0.1, 0.15) is 52.3 Å². The third kappa shape index (κ3) is 9.18. The zero-order chi connectivity index (χ0) is 41.9. The average Bonchev–Trinajstić information content (AvgIpc) is 4.10. The van der Waals surface area contributed by atoms with E-state index < -0.39 is 42.1 Å². The number of hydrogen-bond donors (Lipinski definition) is 3. The molecule has 3 N–H and O–H groups in total. The maximum Gasteiger partial charge on any atom is 0.410 e. The second-order valence-electron chi connectivity index (χ2n) is 15.1. The molecule has 5 aromatic carbocycles. The van der Waals surface area contributed by atoms with E-state index in [2.05, 4.69) is 16.7 Å². The molecule has 14 heteroatoms. The molecule has 3 amide bonds. The van der Waals surface area contributed by atoms with E-state index in [1.54, 1.807) is 72.8 Å². The maximum absolute atomic E-state index is 14.0. The number of aliphatic carboxylic acids is 1.